The predicted octanol–water partition coefficient (Wildman–Crippen LogP) is 3.71. The van der Waals surface area contributed by atoms with Crippen LogP contribution in [0.4, 0.5) is 4.39 Å². The van der Waals surface area contributed by atoms with Gasteiger partial charge in [-0.25, -0.2) is 12.8 Å². The van der Waals surface area contributed by atoms with Gasteiger partial charge in [-0.15, -0.1) is 0 Å². The molecule has 1 saturated heterocycles. The molecule has 0 aromatic heterocycles. The number of sulfonamides is 1. The third-order valence-corrected chi connectivity index (χ3v) is 7.65. The van der Waals surface area contributed by atoms with E-state index in [0.717, 1.165) is 37.3 Å². The van der Waals surface area contributed by atoms with E-state index in [0.29, 0.717) is 17.7 Å². The summed E-state index contributed by atoms with van der Waals surface area (Å²) in [5.41, 5.74) is 2.37. The minimum Gasteiger partial charge on any atom is -0.426 e. The minimum absolute atomic E-state index is 0.166. The number of hydrogen-bond donors (Lipinski definition) is 0. The number of carbonyl (C=O) groups is 1. The van der Waals surface area contributed by atoms with Gasteiger partial charge in [-0.3, -0.25) is 4.79 Å². The van der Waals surface area contributed by atoms with Crippen molar-refractivity contribution in [3.63, 3.8) is 0 Å². The molecule has 0 atom stereocenters. The van der Waals surface area contributed by atoms with Gasteiger partial charge in [0.25, 0.3) is 0 Å². The van der Waals surface area contributed by atoms with Crippen LogP contribution in [-0.4, -0.2) is 31.8 Å². The fourth-order valence-corrected chi connectivity index (χ4v) is 5.60. The highest BCUT2D eigenvalue weighted by Gasteiger charge is 2.33. The molecule has 0 spiro atoms. The van der Waals surface area contributed by atoms with E-state index in [4.69, 9.17) is 4.74 Å². The van der Waals surface area contributed by atoms with Gasteiger partial charge < -0.3 is 4.74 Å². The zero-order chi connectivity index (χ0) is 20.4. The number of halogens is 1. The predicted molar refractivity (Wildman–Crippen MR) is 107 cm³/mol. The largest absolute Gasteiger partial charge is 0.426 e. The number of piperidine rings is 1. The minimum atomic E-state index is -3.58. The summed E-state index contributed by atoms with van der Waals surface area (Å²) in [5, 5.41) is 0. The van der Waals surface area contributed by atoms with E-state index < -0.39 is 27.7 Å². The SMILES string of the molecule is O=C(Oc1cccc(F)c1)C1CCN(S(=O)(=O)c2ccc3c(c2)CCCC3)CC1. The summed E-state index contributed by atoms with van der Waals surface area (Å²) in [5.74, 6) is -1.14. The first-order valence-corrected chi connectivity index (χ1v) is 11.5. The highest BCUT2D eigenvalue weighted by atomic mass is 32.2. The molecule has 4 rings (SSSR count). The van der Waals surface area contributed by atoms with Gasteiger partial charge in [0.2, 0.25) is 10.0 Å². The van der Waals surface area contributed by atoms with Crippen molar-refractivity contribution in [1.29, 1.82) is 0 Å². The quantitative estimate of drug-likeness (QED) is 0.562. The Hall–Kier alpha value is -2.25. The number of nitrogens with zero attached hydrogens (tertiary/aromatic N) is 1. The molecular weight excluding hydrogens is 393 g/mol. The molecule has 2 aromatic carbocycles. The molecule has 2 aliphatic rings. The Morgan fingerprint density at radius 3 is 2.45 bits per heavy atom. The molecule has 1 aliphatic carbocycles. The average molecular weight is 418 g/mol. The fourth-order valence-electron chi connectivity index (χ4n) is 4.08. The normalized spacial score (nSPS) is 18.2. The Bertz CT molecular complexity index is 1010. The van der Waals surface area contributed by atoms with Crippen molar-refractivity contribution in [1.82, 2.24) is 4.31 Å². The maximum absolute atomic E-state index is 13.2. The van der Waals surface area contributed by atoms with Crippen molar-refractivity contribution in [2.24, 2.45) is 5.92 Å². The summed E-state index contributed by atoms with van der Waals surface area (Å²) in [6, 6.07) is 10.9. The van der Waals surface area contributed by atoms with Gasteiger partial charge in [0.1, 0.15) is 11.6 Å². The first-order valence-electron chi connectivity index (χ1n) is 10.0. The third kappa shape index (κ3) is 4.36. The molecule has 1 aliphatic heterocycles. The number of aryl methyl sites for hydroxylation is 2. The summed E-state index contributed by atoms with van der Waals surface area (Å²) in [6.45, 7) is 0.532. The Morgan fingerprint density at radius 1 is 1.00 bits per heavy atom. The van der Waals surface area contributed by atoms with E-state index in [1.165, 1.54) is 28.1 Å². The number of ether oxygens (including phenoxy) is 1. The molecule has 0 radical (unpaired) electrons. The highest BCUT2D eigenvalue weighted by Crippen LogP contribution is 2.29. The average Bonchev–Trinajstić information content (AvgIpc) is 2.73. The maximum atomic E-state index is 13.2. The first kappa shape index (κ1) is 20.0. The van der Waals surface area contributed by atoms with Crippen molar-refractivity contribution in [3.05, 3.63) is 59.4 Å². The van der Waals surface area contributed by atoms with Crippen LogP contribution in [-0.2, 0) is 27.7 Å². The number of fused-ring (bicyclic) bond motifs is 1. The van der Waals surface area contributed by atoms with Crippen molar-refractivity contribution in [3.8, 4) is 5.75 Å². The lowest BCUT2D eigenvalue weighted by atomic mass is 9.92. The maximum Gasteiger partial charge on any atom is 0.314 e. The van der Waals surface area contributed by atoms with Crippen molar-refractivity contribution in [2.45, 2.75) is 43.4 Å². The van der Waals surface area contributed by atoms with Gasteiger partial charge in [-0.1, -0.05) is 12.1 Å². The van der Waals surface area contributed by atoms with E-state index in [1.54, 1.807) is 6.07 Å². The smallest absolute Gasteiger partial charge is 0.314 e. The van der Waals surface area contributed by atoms with Crippen LogP contribution in [0.15, 0.2) is 47.4 Å². The van der Waals surface area contributed by atoms with Crippen LogP contribution >= 0.6 is 0 Å². The molecule has 0 amide bonds. The molecule has 7 heteroatoms. The van der Waals surface area contributed by atoms with E-state index in [1.807, 2.05) is 12.1 Å². The summed E-state index contributed by atoms with van der Waals surface area (Å²) in [7, 11) is -3.58. The van der Waals surface area contributed by atoms with Gasteiger partial charge in [-0.2, -0.15) is 4.31 Å². The van der Waals surface area contributed by atoms with Crippen molar-refractivity contribution in [2.75, 3.05) is 13.1 Å². The lowest BCUT2D eigenvalue weighted by Gasteiger charge is -2.30. The Kier molecular flexibility index (Phi) is 5.69. The number of carbonyl (C=O) groups excluding carboxylic acids is 1. The second-order valence-electron chi connectivity index (χ2n) is 7.69. The van der Waals surface area contributed by atoms with Crippen molar-refractivity contribution < 1.29 is 22.3 Å². The van der Waals surface area contributed by atoms with Crippen LogP contribution in [0.25, 0.3) is 0 Å². The summed E-state index contributed by atoms with van der Waals surface area (Å²) in [4.78, 5) is 12.7. The molecule has 0 bridgehead atoms. The van der Waals surface area contributed by atoms with E-state index in [2.05, 4.69) is 0 Å². The molecule has 0 saturated carbocycles. The monoisotopic (exact) mass is 417 g/mol. The summed E-state index contributed by atoms with van der Waals surface area (Å²) >= 11 is 0. The highest BCUT2D eigenvalue weighted by molar-refractivity contribution is 7.89. The molecular formula is C22H24FNO4S. The van der Waals surface area contributed by atoms with E-state index >= 15 is 0 Å². The standard InChI is InChI=1S/C22H24FNO4S/c23-19-6-3-7-20(15-19)28-22(25)17-10-12-24(13-11-17)29(26,27)21-9-8-16-4-1-2-5-18(16)14-21/h3,6-9,14-15,17H,1-2,4-5,10-13H2. The summed E-state index contributed by atoms with van der Waals surface area (Å²) in [6.07, 6.45) is 4.95. The van der Waals surface area contributed by atoms with Crippen LogP contribution in [0.5, 0.6) is 5.75 Å². The Labute approximate surface area is 170 Å². The van der Waals surface area contributed by atoms with Crippen LogP contribution in [0, 0.1) is 11.7 Å². The van der Waals surface area contributed by atoms with Gasteiger partial charge in [-0.05, 0) is 73.9 Å². The molecule has 5 nitrogen and oxygen atoms in total. The Morgan fingerprint density at radius 2 is 1.72 bits per heavy atom. The Balaban J connectivity index is 1.40. The number of hydrogen-bond acceptors (Lipinski definition) is 4. The first-order chi connectivity index (χ1) is 13.9. The molecule has 0 unspecified atom stereocenters. The number of rotatable bonds is 4. The molecule has 1 heterocycles. The van der Waals surface area contributed by atoms with Crippen LogP contribution in [0.2, 0.25) is 0 Å². The zero-order valence-electron chi connectivity index (χ0n) is 16.1. The molecule has 1 fully saturated rings. The van der Waals surface area contributed by atoms with Crippen molar-refractivity contribution >= 4 is 16.0 Å². The van der Waals surface area contributed by atoms with Gasteiger partial charge in [0, 0.05) is 19.2 Å². The molecule has 154 valence electrons. The lowest BCUT2D eigenvalue weighted by molar-refractivity contribution is -0.140. The molecule has 2 aromatic rings. The summed E-state index contributed by atoms with van der Waals surface area (Å²) < 4.78 is 46.0. The molecule has 0 N–H and O–H groups in total. The van der Waals surface area contributed by atoms with Crippen LogP contribution in [0.1, 0.15) is 36.8 Å². The molecule has 29 heavy (non-hydrogen) atoms. The van der Waals surface area contributed by atoms with Gasteiger partial charge in [0.15, 0.2) is 0 Å². The number of benzene rings is 2. The van der Waals surface area contributed by atoms with Gasteiger partial charge >= 0.3 is 5.97 Å². The topological polar surface area (TPSA) is 63.7 Å². The fraction of sp³-hybridized carbons (Fsp3) is 0.409. The second-order valence-corrected chi connectivity index (χ2v) is 9.63. The lowest BCUT2D eigenvalue weighted by Crippen LogP contribution is -2.41. The van der Waals surface area contributed by atoms with E-state index in [-0.39, 0.29) is 18.8 Å². The van der Waals surface area contributed by atoms with Crippen LogP contribution in [0.3, 0.4) is 0 Å². The second kappa shape index (κ2) is 8.24. The zero-order valence-corrected chi connectivity index (χ0v) is 17.0. The van der Waals surface area contributed by atoms with E-state index in [9.17, 15) is 17.6 Å². The van der Waals surface area contributed by atoms with Gasteiger partial charge in [0.05, 0.1) is 10.8 Å². The third-order valence-electron chi connectivity index (χ3n) is 5.76. The van der Waals surface area contributed by atoms with Crippen LogP contribution < -0.4 is 4.74 Å². The number of esters is 1.